The van der Waals surface area contributed by atoms with E-state index in [0.29, 0.717) is 5.82 Å². The number of halogens is 3. The van der Waals surface area contributed by atoms with Crippen molar-refractivity contribution in [1.29, 1.82) is 0 Å². The molecule has 0 bridgehead atoms. The van der Waals surface area contributed by atoms with Gasteiger partial charge in [-0.05, 0) is 18.6 Å². The summed E-state index contributed by atoms with van der Waals surface area (Å²) in [7, 11) is 1.53. The number of hydrogen-bond donors (Lipinski definition) is 1. The molecule has 1 N–H and O–H groups in total. The van der Waals surface area contributed by atoms with Gasteiger partial charge in [-0.3, -0.25) is 9.59 Å². The molecule has 10 heteroatoms. The van der Waals surface area contributed by atoms with Crippen LogP contribution in [0, 0.1) is 5.92 Å². The molecule has 0 radical (unpaired) electrons. The lowest BCUT2D eigenvalue weighted by Crippen LogP contribution is -2.34. The zero-order valence-corrected chi connectivity index (χ0v) is 13.4. The molecule has 134 valence electrons. The molecular weight excluding hydrogens is 339 g/mol. The molecule has 0 aliphatic carbocycles. The monoisotopic (exact) mass is 355 g/mol. The Labute approximate surface area is 140 Å². The van der Waals surface area contributed by atoms with E-state index in [2.05, 4.69) is 15.5 Å². The number of pyridine rings is 1. The number of amides is 1. The van der Waals surface area contributed by atoms with E-state index < -0.39 is 23.6 Å². The average Bonchev–Trinajstić information content (AvgIpc) is 2.96. The summed E-state index contributed by atoms with van der Waals surface area (Å²) < 4.78 is 41.3. The molecule has 1 aliphatic heterocycles. The van der Waals surface area contributed by atoms with Gasteiger partial charge in [0.1, 0.15) is 11.4 Å². The van der Waals surface area contributed by atoms with E-state index >= 15 is 0 Å². The third-order valence-corrected chi connectivity index (χ3v) is 4.27. The van der Waals surface area contributed by atoms with E-state index in [1.54, 1.807) is 10.6 Å². The van der Waals surface area contributed by atoms with Gasteiger partial charge in [0.2, 0.25) is 0 Å². The topological polar surface area (TPSA) is 81.8 Å². The Balaban J connectivity index is 1.70. The summed E-state index contributed by atoms with van der Waals surface area (Å²) in [6.07, 6.45) is -2.98. The van der Waals surface area contributed by atoms with Crippen molar-refractivity contribution in [3.8, 4) is 0 Å². The van der Waals surface area contributed by atoms with Gasteiger partial charge in [0.25, 0.3) is 11.5 Å². The van der Waals surface area contributed by atoms with Crippen LogP contribution in [0.25, 0.3) is 0 Å². The Hall–Kier alpha value is -2.65. The Morgan fingerprint density at radius 3 is 2.88 bits per heavy atom. The van der Waals surface area contributed by atoms with E-state index in [1.807, 2.05) is 0 Å². The van der Waals surface area contributed by atoms with Crippen LogP contribution in [-0.4, -0.2) is 31.4 Å². The molecule has 0 saturated carbocycles. The number of fused-ring (bicyclic) bond motifs is 1. The van der Waals surface area contributed by atoms with Gasteiger partial charge in [-0.1, -0.05) is 0 Å². The molecule has 0 saturated heterocycles. The largest absolute Gasteiger partial charge is 0.392 e. The first-order valence-corrected chi connectivity index (χ1v) is 7.69. The first-order chi connectivity index (χ1) is 11.8. The van der Waals surface area contributed by atoms with Gasteiger partial charge in [-0.15, -0.1) is 10.2 Å². The zero-order valence-electron chi connectivity index (χ0n) is 13.4. The van der Waals surface area contributed by atoms with Crippen molar-refractivity contribution in [2.45, 2.75) is 32.1 Å². The van der Waals surface area contributed by atoms with Gasteiger partial charge < -0.3 is 14.5 Å². The fraction of sp³-hybridized carbons (Fsp3) is 0.467. The van der Waals surface area contributed by atoms with Crippen LogP contribution in [0.15, 0.2) is 23.1 Å². The van der Waals surface area contributed by atoms with E-state index in [9.17, 15) is 22.8 Å². The normalized spacial score (nSPS) is 17.2. The first-order valence-electron chi connectivity index (χ1n) is 7.69. The minimum atomic E-state index is -4.25. The van der Waals surface area contributed by atoms with Crippen LogP contribution in [0.4, 0.5) is 13.2 Å². The average molecular weight is 355 g/mol. The number of carbonyl (C=O) groups is 1. The second-order valence-electron chi connectivity index (χ2n) is 5.94. The van der Waals surface area contributed by atoms with Crippen molar-refractivity contribution in [2.24, 2.45) is 13.0 Å². The molecule has 1 atom stereocenters. The van der Waals surface area contributed by atoms with E-state index in [1.165, 1.54) is 23.9 Å². The van der Waals surface area contributed by atoms with Crippen LogP contribution in [0.2, 0.25) is 0 Å². The van der Waals surface area contributed by atoms with Crippen LogP contribution >= 0.6 is 0 Å². The number of aryl methyl sites for hydroxylation is 1. The predicted molar refractivity (Wildman–Crippen MR) is 80.7 cm³/mol. The maximum absolute atomic E-state index is 12.8. The molecule has 3 rings (SSSR count). The Kier molecular flexibility index (Phi) is 4.36. The van der Waals surface area contributed by atoms with Gasteiger partial charge in [0, 0.05) is 26.2 Å². The number of nitrogens with one attached hydrogen (secondary N) is 1. The minimum absolute atomic E-state index is 0.0133. The van der Waals surface area contributed by atoms with Crippen molar-refractivity contribution in [3.63, 3.8) is 0 Å². The van der Waals surface area contributed by atoms with Crippen LogP contribution in [-0.2, 0) is 26.6 Å². The predicted octanol–water partition coefficient (Wildman–Crippen LogP) is 1.03. The van der Waals surface area contributed by atoms with Gasteiger partial charge in [0.05, 0.1) is 12.5 Å². The second-order valence-corrected chi connectivity index (χ2v) is 5.94. The fourth-order valence-corrected chi connectivity index (χ4v) is 2.82. The number of aromatic nitrogens is 4. The summed E-state index contributed by atoms with van der Waals surface area (Å²) in [5, 5.41) is 10.2. The molecule has 2 aromatic heterocycles. The van der Waals surface area contributed by atoms with Crippen molar-refractivity contribution in [1.82, 2.24) is 24.6 Å². The van der Waals surface area contributed by atoms with Crippen molar-refractivity contribution in [3.05, 3.63) is 45.9 Å². The van der Waals surface area contributed by atoms with E-state index in [4.69, 9.17) is 0 Å². The molecular formula is C15H16F3N5O2. The third kappa shape index (κ3) is 3.42. The summed E-state index contributed by atoms with van der Waals surface area (Å²) in [6.45, 7) is 0.130. The quantitative estimate of drug-likeness (QED) is 0.892. The summed E-state index contributed by atoms with van der Waals surface area (Å²) in [6, 6.07) is 2.98. The van der Waals surface area contributed by atoms with Crippen molar-refractivity contribution < 1.29 is 18.0 Å². The molecule has 25 heavy (non-hydrogen) atoms. The first kappa shape index (κ1) is 17.2. The second kappa shape index (κ2) is 6.34. The highest BCUT2D eigenvalue weighted by atomic mass is 19.4. The lowest BCUT2D eigenvalue weighted by atomic mass is 9.97. The summed E-state index contributed by atoms with van der Waals surface area (Å²) in [4.78, 5) is 24.0. The van der Waals surface area contributed by atoms with Gasteiger partial charge >= 0.3 is 6.18 Å². The Morgan fingerprint density at radius 1 is 1.40 bits per heavy atom. The molecule has 0 unspecified atom stereocenters. The number of rotatable bonds is 3. The van der Waals surface area contributed by atoms with E-state index in [0.717, 1.165) is 0 Å². The van der Waals surface area contributed by atoms with E-state index in [-0.39, 0.29) is 37.3 Å². The number of nitrogens with zero attached hydrogens (tertiary/aromatic N) is 4. The summed E-state index contributed by atoms with van der Waals surface area (Å²) in [5.74, 6) is -1.35. The molecule has 0 spiro atoms. The van der Waals surface area contributed by atoms with Crippen molar-refractivity contribution in [2.75, 3.05) is 0 Å². The molecule has 7 nitrogen and oxygen atoms in total. The molecule has 1 amide bonds. The molecule has 1 aliphatic rings. The highest BCUT2D eigenvalue weighted by Crippen LogP contribution is 2.34. The summed E-state index contributed by atoms with van der Waals surface area (Å²) >= 11 is 0. The van der Waals surface area contributed by atoms with Crippen LogP contribution in [0.1, 0.15) is 28.4 Å². The molecule has 0 aromatic carbocycles. The highest BCUT2D eigenvalue weighted by Gasteiger charge is 2.42. The van der Waals surface area contributed by atoms with Gasteiger partial charge in [-0.25, -0.2) is 0 Å². The zero-order chi connectivity index (χ0) is 18.2. The Morgan fingerprint density at radius 2 is 2.16 bits per heavy atom. The smallest absolute Gasteiger partial charge is 0.345 e. The summed E-state index contributed by atoms with van der Waals surface area (Å²) in [5.41, 5.74) is -0.447. The third-order valence-electron chi connectivity index (χ3n) is 4.27. The molecule has 3 heterocycles. The fourth-order valence-electron chi connectivity index (χ4n) is 2.82. The minimum Gasteiger partial charge on any atom is -0.345 e. The van der Waals surface area contributed by atoms with Crippen molar-refractivity contribution >= 4 is 5.91 Å². The lowest BCUT2D eigenvalue weighted by molar-refractivity contribution is -0.179. The maximum atomic E-state index is 12.8. The number of hydrogen-bond acceptors (Lipinski definition) is 4. The Bertz CT molecular complexity index is 856. The number of carbonyl (C=O) groups excluding carboxylic acids is 1. The van der Waals surface area contributed by atoms with Crippen LogP contribution in [0.3, 0.4) is 0 Å². The van der Waals surface area contributed by atoms with Crippen LogP contribution in [0.5, 0.6) is 0 Å². The highest BCUT2D eigenvalue weighted by molar-refractivity contribution is 5.93. The molecule has 2 aromatic rings. The van der Waals surface area contributed by atoms with Gasteiger partial charge in [-0.2, -0.15) is 13.2 Å². The van der Waals surface area contributed by atoms with Crippen LogP contribution < -0.4 is 10.9 Å². The van der Waals surface area contributed by atoms with Gasteiger partial charge in [0.15, 0.2) is 5.82 Å². The number of alkyl halides is 3. The standard InChI is InChI=1S/C15H16F3N5O2/c1-22-5-2-3-10(14(22)25)13(24)19-8-12-21-20-11-7-9(15(16,17)18)4-6-23(11)12/h2-3,5,9H,4,6-8H2,1H3,(H,19,24)/t9-/m1/s1. The lowest BCUT2D eigenvalue weighted by Gasteiger charge is -2.25. The SMILES string of the molecule is Cn1cccc(C(=O)NCc2nnc3n2CC[C@@H](C(F)(F)F)C3)c1=O. The maximum Gasteiger partial charge on any atom is 0.392 e. The molecule has 0 fully saturated rings.